The molecule has 0 radical (unpaired) electrons. The number of hydrogen-bond acceptors (Lipinski definition) is 4. The van der Waals surface area contributed by atoms with Crippen molar-refractivity contribution in [2.75, 3.05) is 11.6 Å². The first kappa shape index (κ1) is 21.6. The second-order valence-corrected chi connectivity index (χ2v) is 7.76. The molecule has 2 amide bonds. The number of aromatic nitrogens is 1. The van der Waals surface area contributed by atoms with E-state index < -0.39 is 0 Å². The molecule has 1 heterocycles. The van der Waals surface area contributed by atoms with Crippen molar-refractivity contribution in [3.05, 3.63) is 89.6 Å². The number of benzene rings is 2. The number of pyridine rings is 1. The molecular formula is C24H25N3O2S. The summed E-state index contributed by atoms with van der Waals surface area (Å²) in [5, 5.41) is 3.52. The molecule has 0 aliphatic rings. The van der Waals surface area contributed by atoms with Gasteiger partial charge in [-0.05, 0) is 48.6 Å². The first-order chi connectivity index (χ1) is 14.5. The topological polar surface area (TPSA) is 62.3 Å². The lowest BCUT2D eigenvalue weighted by atomic mass is 10.0. The number of anilines is 1. The maximum Gasteiger partial charge on any atom is 0.257 e. The summed E-state index contributed by atoms with van der Waals surface area (Å²) >= 11 is 1.46. The van der Waals surface area contributed by atoms with Crippen LogP contribution in [0.1, 0.15) is 41.4 Å². The highest BCUT2D eigenvalue weighted by atomic mass is 32.2. The molecule has 0 aliphatic heterocycles. The van der Waals surface area contributed by atoms with Crippen LogP contribution >= 0.6 is 11.8 Å². The van der Waals surface area contributed by atoms with E-state index in [1.165, 1.54) is 18.7 Å². The number of thioether (sulfide) groups is 1. The Morgan fingerprint density at radius 3 is 2.53 bits per heavy atom. The lowest BCUT2D eigenvalue weighted by molar-refractivity contribution is -0.114. The van der Waals surface area contributed by atoms with Gasteiger partial charge in [0.25, 0.3) is 5.91 Å². The van der Waals surface area contributed by atoms with Gasteiger partial charge in [0, 0.05) is 25.4 Å². The van der Waals surface area contributed by atoms with Crippen LogP contribution in [0.5, 0.6) is 0 Å². The van der Waals surface area contributed by atoms with Gasteiger partial charge in [0.15, 0.2) is 0 Å². The van der Waals surface area contributed by atoms with Crippen molar-refractivity contribution in [3.8, 4) is 0 Å². The van der Waals surface area contributed by atoms with Crippen LogP contribution in [-0.4, -0.2) is 28.0 Å². The number of carbonyl (C=O) groups excluding carboxylic acids is 2. The number of carbonyl (C=O) groups is 2. The summed E-state index contributed by atoms with van der Waals surface area (Å²) < 4.78 is 0. The highest BCUT2D eigenvalue weighted by molar-refractivity contribution is 7.98. The van der Waals surface area contributed by atoms with Crippen molar-refractivity contribution >= 4 is 29.3 Å². The number of nitrogens with one attached hydrogen (secondary N) is 1. The molecule has 0 aliphatic carbocycles. The van der Waals surface area contributed by atoms with Crippen molar-refractivity contribution < 1.29 is 9.59 Å². The van der Waals surface area contributed by atoms with Crippen LogP contribution in [0.15, 0.2) is 78.0 Å². The van der Waals surface area contributed by atoms with Gasteiger partial charge in [-0.15, -0.1) is 11.8 Å². The number of hydrogen-bond donors (Lipinski definition) is 1. The minimum Gasteiger partial charge on any atom is -0.327 e. The standard InChI is InChI=1S/C24H25N3O2S/c1-17(20-11-7-12-21(15-20)26-18(2)28)27(16-19-9-5-4-6-10-19)24(29)22-13-8-14-25-23(22)30-3/h4-15,17H,16H2,1-3H3,(H,26,28). The van der Waals surface area contributed by atoms with E-state index in [-0.39, 0.29) is 17.9 Å². The van der Waals surface area contributed by atoms with Crippen LogP contribution in [0.4, 0.5) is 5.69 Å². The highest BCUT2D eigenvalue weighted by Gasteiger charge is 2.25. The van der Waals surface area contributed by atoms with E-state index in [9.17, 15) is 9.59 Å². The van der Waals surface area contributed by atoms with Crippen LogP contribution in [0.2, 0.25) is 0 Å². The SMILES string of the molecule is CSc1ncccc1C(=O)N(Cc1ccccc1)C(C)c1cccc(NC(C)=O)c1. The van der Waals surface area contributed by atoms with Crippen LogP contribution in [0.25, 0.3) is 0 Å². The van der Waals surface area contributed by atoms with Crippen molar-refractivity contribution in [3.63, 3.8) is 0 Å². The second-order valence-electron chi connectivity index (χ2n) is 6.96. The molecule has 0 bridgehead atoms. The van der Waals surface area contributed by atoms with Crippen molar-refractivity contribution in [2.45, 2.75) is 31.5 Å². The average molecular weight is 420 g/mol. The molecule has 0 saturated carbocycles. The molecule has 30 heavy (non-hydrogen) atoms. The Bertz CT molecular complexity index is 1020. The predicted molar refractivity (Wildman–Crippen MR) is 121 cm³/mol. The van der Waals surface area contributed by atoms with Crippen LogP contribution in [0.3, 0.4) is 0 Å². The monoisotopic (exact) mass is 419 g/mol. The molecular weight excluding hydrogens is 394 g/mol. The predicted octanol–water partition coefficient (Wildman–Crippen LogP) is 5.17. The number of amides is 2. The summed E-state index contributed by atoms with van der Waals surface area (Å²) in [6.45, 7) is 3.95. The molecule has 1 unspecified atom stereocenters. The average Bonchev–Trinajstić information content (AvgIpc) is 2.77. The lowest BCUT2D eigenvalue weighted by Gasteiger charge is -2.30. The van der Waals surface area contributed by atoms with Gasteiger partial charge in [-0.2, -0.15) is 0 Å². The third kappa shape index (κ3) is 5.27. The maximum atomic E-state index is 13.6. The minimum atomic E-state index is -0.207. The van der Waals surface area contributed by atoms with Gasteiger partial charge in [0.05, 0.1) is 11.6 Å². The first-order valence-corrected chi connectivity index (χ1v) is 10.9. The Morgan fingerprint density at radius 2 is 1.83 bits per heavy atom. The van der Waals surface area contributed by atoms with Crippen LogP contribution in [0, 0.1) is 0 Å². The highest BCUT2D eigenvalue weighted by Crippen LogP contribution is 2.28. The summed E-state index contributed by atoms with van der Waals surface area (Å²) in [4.78, 5) is 31.3. The molecule has 0 saturated heterocycles. The van der Waals surface area contributed by atoms with Gasteiger partial charge < -0.3 is 10.2 Å². The zero-order valence-electron chi connectivity index (χ0n) is 17.3. The molecule has 1 atom stereocenters. The molecule has 6 heteroatoms. The lowest BCUT2D eigenvalue weighted by Crippen LogP contribution is -2.33. The van der Waals surface area contributed by atoms with Gasteiger partial charge in [-0.3, -0.25) is 9.59 Å². The van der Waals surface area contributed by atoms with Crippen molar-refractivity contribution in [1.29, 1.82) is 0 Å². The summed E-state index contributed by atoms with van der Waals surface area (Å²) in [7, 11) is 0. The van der Waals surface area contributed by atoms with E-state index >= 15 is 0 Å². The van der Waals surface area contributed by atoms with Gasteiger partial charge in [-0.1, -0.05) is 42.5 Å². The fourth-order valence-corrected chi connectivity index (χ4v) is 3.84. The third-order valence-corrected chi connectivity index (χ3v) is 5.52. The summed E-state index contributed by atoms with van der Waals surface area (Å²) in [5.41, 5.74) is 3.29. The second kappa shape index (κ2) is 10.1. The summed E-state index contributed by atoms with van der Waals surface area (Å²) in [5.74, 6) is -0.203. The van der Waals surface area contributed by atoms with E-state index in [4.69, 9.17) is 0 Å². The van der Waals surface area contributed by atoms with Gasteiger partial charge >= 0.3 is 0 Å². The molecule has 3 rings (SSSR count). The van der Waals surface area contributed by atoms with E-state index in [0.29, 0.717) is 22.8 Å². The van der Waals surface area contributed by atoms with Crippen molar-refractivity contribution in [1.82, 2.24) is 9.88 Å². The quantitative estimate of drug-likeness (QED) is 0.537. The van der Waals surface area contributed by atoms with Crippen LogP contribution < -0.4 is 5.32 Å². The number of nitrogens with zero attached hydrogens (tertiary/aromatic N) is 2. The zero-order chi connectivity index (χ0) is 21.5. The normalized spacial score (nSPS) is 11.6. The first-order valence-electron chi connectivity index (χ1n) is 9.71. The zero-order valence-corrected chi connectivity index (χ0v) is 18.1. The van der Waals surface area contributed by atoms with E-state index in [0.717, 1.165) is 11.1 Å². The maximum absolute atomic E-state index is 13.6. The fourth-order valence-electron chi connectivity index (χ4n) is 3.30. The van der Waals surface area contributed by atoms with Gasteiger partial charge in [-0.25, -0.2) is 4.98 Å². The summed E-state index contributed by atoms with van der Waals surface area (Å²) in [6, 6.07) is 20.9. The van der Waals surface area contributed by atoms with Gasteiger partial charge in [0.2, 0.25) is 5.91 Å². The molecule has 5 nitrogen and oxygen atoms in total. The Kier molecular flexibility index (Phi) is 7.25. The molecule has 0 spiro atoms. The smallest absolute Gasteiger partial charge is 0.257 e. The minimum absolute atomic E-state index is 0.0752. The van der Waals surface area contributed by atoms with E-state index in [1.807, 2.05) is 78.7 Å². The van der Waals surface area contributed by atoms with Crippen molar-refractivity contribution in [2.24, 2.45) is 0 Å². The fraction of sp³-hybridized carbons (Fsp3) is 0.208. The Morgan fingerprint density at radius 1 is 1.07 bits per heavy atom. The molecule has 0 fully saturated rings. The molecule has 1 N–H and O–H groups in total. The van der Waals surface area contributed by atoms with Gasteiger partial charge in [0.1, 0.15) is 5.03 Å². The largest absolute Gasteiger partial charge is 0.327 e. The molecule has 3 aromatic rings. The Balaban J connectivity index is 1.98. The number of rotatable bonds is 7. The summed E-state index contributed by atoms with van der Waals surface area (Å²) in [6.07, 6.45) is 3.62. The van der Waals surface area contributed by atoms with E-state index in [1.54, 1.807) is 12.3 Å². The van der Waals surface area contributed by atoms with Crippen LogP contribution in [-0.2, 0) is 11.3 Å². The Hall–Kier alpha value is -3.12. The van der Waals surface area contributed by atoms with E-state index in [2.05, 4.69) is 10.3 Å². The third-order valence-electron chi connectivity index (χ3n) is 4.81. The molecule has 2 aromatic carbocycles. The molecule has 1 aromatic heterocycles. The molecule has 154 valence electrons. The Labute approximate surface area is 181 Å².